The third-order valence-electron chi connectivity index (χ3n) is 3.88. The fraction of sp³-hybridized carbons (Fsp3) is 0.333. The van der Waals surface area contributed by atoms with E-state index >= 15 is 0 Å². The van der Waals surface area contributed by atoms with E-state index < -0.39 is 10.0 Å². The van der Waals surface area contributed by atoms with Crippen LogP contribution in [0.25, 0.3) is 11.3 Å². The molecule has 23 heavy (non-hydrogen) atoms. The van der Waals surface area contributed by atoms with Gasteiger partial charge in [-0.2, -0.15) is 5.10 Å². The highest BCUT2D eigenvalue weighted by Crippen LogP contribution is 2.27. The van der Waals surface area contributed by atoms with Crippen molar-refractivity contribution in [3.8, 4) is 11.3 Å². The zero-order valence-electron chi connectivity index (χ0n) is 12.7. The second-order valence-corrected chi connectivity index (χ2v) is 7.57. The molecule has 2 heterocycles. The first-order valence-electron chi connectivity index (χ1n) is 7.25. The van der Waals surface area contributed by atoms with Gasteiger partial charge < -0.3 is 0 Å². The van der Waals surface area contributed by atoms with E-state index in [1.54, 1.807) is 6.07 Å². The number of primary sulfonamides is 1. The van der Waals surface area contributed by atoms with E-state index in [4.69, 9.17) is 5.14 Å². The summed E-state index contributed by atoms with van der Waals surface area (Å²) in [6.07, 6.45) is 0.170. The SMILES string of the molecule is Cc1ccc(-c2cc(N3CC(CS(N)(=O)=O)CC3=O)n[nH]2)cc1. The van der Waals surface area contributed by atoms with Crippen LogP contribution in [0.1, 0.15) is 12.0 Å². The molecule has 0 aliphatic carbocycles. The van der Waals surface area contributed by atoms with Crippen LogP contribution in [0.4, 0.5) is 5.82 Å². The summed E-state index contributed by atoms with van der Waals surface area (Å²) in [5.74, 6) is -0.120. The first-order chi connectivity index (χ1) is 10.8. The predicted molar refractivity (Wildman–Crippen MR) is 87.2 cm³/mol. The number of rotatable bonds is 4. The van der Waals surface area contributed by atoms with Crippen molar-refractivity contribution in [2.75, 3.05) is 17.2 Å². The minimum atomic E-state index is -3.59. The van der Waals surface area contributed by atoms with Crippen LogP contribution in [0.3, 0.4) is 0 Å². The topological polar surface area (TPSA) is 109 Å². The molecule has 7 nitrogen and oxygen atoms in total. The maximum atomic E-state index is 12.1. The van der Waals surface area contributed by atoms with Crippen molar-refractivity contribution in [2.24, 2.45) is 11.1 Å². The van der Waals surface area contributed by atoms with Crippen molar-refractivity contribution in [3.63, 3.8) is 0 Å². The number of hydrogen-bond donors (Lipinski definition) is 2. The lowest BCUT2D eigenvalue weighted by Crippen LogP contribution is -2.27. The molecule has 122 valence electrons. The zero-order valence-corrected chi connectivity index (χ0v) is 13.5. The standard InChI is InChI=1S/C15H18N4O3S/c1-10-2-4-12(5-3-10)13-7-14(18-17-13)19-8-11(6-15(19)20)9-23(16,21)22/h2-5,7,11H,6,8-9H2,1H3,(H,17,18)(H2,16,21,22). The molecule has 3 N–H and O–H groups in total. The number of amides is 1. The Morgan fingerprint density at radius 1 is 1.35 bits per heavy atom. The molecule has 8 heteroatoms. The Bertz CT molecular complexity index is 827. The number of aromatic nitrogens is 2. The second kappa shape index (κ2) is 5.78. The van der Waals surface area contributed by atoms with E-state index in [0.29, 0.717) is 12.4 Å². The molecule has 3 rings (SSSR count). The Hall–Kier alpha value is -2.19. The number of H-pyrrole nitrogens is 1. The lowest BCUT2D eigenvalue weighted by molar-refractivity contribution is -0.117. The third-order valence-corrected chi connectivity index (χ3v) is 4.81. The number of carbonyl (C=O) groups excluding carboxylic acids is 1. The van der Waals surface area contributed by atoms with Gasteiger partial charge in [-0.05, 0) is 12.5 Å². The number of nitrogens with two attached hydrogens (primary N) is 1. The highest BCUT2D eigenvalue weighted by atomic mass is 32.2. The van der Waals surface area contributed by atoms with Crippen molar-refractivity contribution >= 4 is 21.7 Å². The Morgan fingerprint density at radius 2 is 2.04 bits per heavy atom. The maximum absolute atomic E-state index is 12.1. The lowest BCUT2D eigenvalue weighted by atomic mass is 10.1. The minimum Gasteiger partial charge on any atom is -0.295 e. The highest BCUT2D eigenvalue weighted by Gasteiger charge is 2.34. The lowest BCUT2D eigenvalue weighted by Gasteiger charge is -2.12. The van der Waals surface area contributed by atoms with E-state index in [-0.39, 0.29) is 24.0 Å². The fourth-order valence-corrected chi connectivity index (χ4v) is 3.65. The molecule has 0 radical (unpaired) electrons. The van der Waals surface area contributed by atoms with Gasteiger partial charge >= 0.3 is 0 Å². The number of hydrogen-bond acceptors (Lipinski definition) is 4. The Kier molecular flexibility index (Phi) is 3.95. The average molecular weight is 334 g/mol. The van der Waals surface area contributed by atoms with Crippen molar-refractivity contribution in [1.82, 2.24) is 10.2 Å². The largest absolute Gasteiger partial charge is 0.295 e. The molecule has 1 aromatic carbocycles. The molecular weight excluding hydrogens is 316 g/mol. The van der Waals surface area contributed by atoms with Gasteiger partial charge in [0.15, 0.2) is 5.82 Å². The van der Waals surface area contributed by atoms with Gasteiger partial charge in [0.1, 0.15) is 0 Å². The van der Waals surface area contributed by atoms with Gasteiger partial charge in [-0.15, -0.1) is 0 Å². The summed E-state index contributed by atoms with van der Waals surface area (Å²) in [7, 11) is -3.59. The Labute approximate surface area is 134 Å². The van der Waals surface area contributed by atoms with Crippen LogP contribution in [0.2, 0.25) is 0 Å². The van der Waals surface area contributed by atoms with Gasteiger partial charge in [0.25, 0.3) is 0 Å². The van der Waals surface area contributed by atoms with Crippen LogP contribution >= 0.6 is 0 Å². The molecule has 0 bridgehead atoms. The summed E-state index contributed by atoms with van der Waals surface area (Å²) in [5, 5.41) is 12.2. The van der Waals surface area contributed by atoms with Gasteiger partial charge in [0, 0.05) is 24.9 Å². The zero-order chi connectivity index (χ0) is 16.6. The first-order valence-corrected chi connectivity index (χ1v) is 8.96. The van der Waals surface area contributed by atoms with E-state index in [0.717, 1.165) is 16.8 Å². The summed E-state index contributed by atoms with van der Waals surface area (Å²) in [5.41, 5.74) is 2.94. The van der Waals surface area contributed by atoms with Gasteiger partial charge in [-0.25, -0.2) is 13.6 Å². The van der Waals surface area contributed by atoms with E-state index in [1.807, 2.05) is 31.2 Å². The molecule has 1 aromatic heterocycles. The van der Waals surface area contributed by atoms with Crippen LogP contribution in [-0.2, 0) is 14.8 Å². The fourth-order valence-electron chi connectivity index (χ4n) is 2.77. The van der Waals surface area contributed by atoms with E-state index in [2.05, 4.69) is 10.2 Å². The van der Waals surface area contributed by atoms with Gasteiger partial charge in [0.2, 0.25) is 15.9 Å². The number of carbonyl (C=O) groups is 1. The molecule has 1 saturated heterocycles. The van der Waals surface area contributed by atoms with Crippen LogP contribution < -0.4 is 10.0 Å². The summed E-state index contributed by atoms with van der Waals surface area (Å²) in [4.78, 5) is 13.6. The third kappa shape index (κ3) is 3.59. The monoisotopic (exact) mass is 334 g/mol. The minimum absolute atomic E-state index is 0.138. The molecule has 1 aliphatic rings. The molecule has 2 aromatic rings. The van der Waals surface area contributed by atoms with Crippen molar-refractivity contribution in [1.29, 1.82) is 0 Å². The summed E-state index contributed by atoms with van der Waals surface area (Å²) in [6, 6.07) is 9.74. The number of sulfonamides is 1. The van der Waals surface area contributed by atoms with Gasteiger partial charge in [0.05, 0.1) is 11.4 Å². The van der Waals surface area contributed by atoms with Gasteiger partial charge in [-0.3, -0.25) is 14.8 Å². The molecule has 1 aliphatic heterocycles. The van der Waals surface area contributed by atoms with Crippen molar-refractivity contribution in [3.05, 3.63) is 35.9 Å². The van der Waals surface area contributed by atoms with Crippen molar-refractivity contribution < 1.29 is 13.2 Å². The number of aromatic amines is 1. The highest BCUT2D eigenvalue weighted by molar-refractivity contribution is 7.89. The molecular formula is C15H18N4O3S. The second-order valence-electron chi connectivity index (χ2n) is 5.91. The summed E-state index contributed by atoms with van der Waals surface area (Å²) in [6.45, 7) is 2.32. The number of anilines is 1. The number of nitrogens with zero attached hydrogens (tertiary/aromatic N) is 2. The summed E-state index contributed by atoms with van der Waals surface area (Å²) < 4.78 is 22.4. The van der Waals surface area contributed by atoms with E-state index in [9.17, 15) is 13.2 Å². The smallest absolute Gasteiger partial charge is 0.228 e. The number of nitrogens with one attached hydrogen (secondary N) is 1. The van der Waals surface area contributed by atoms with Gasteiger partial charge in [-0.1, -0.05) is 29.8 Å². The molecule has 1 fully saturated rings. The van der Waals surface area contributed by atoms with Crippen LogP contribution in [-0.4, -0.2) is 36.8 Å². The molecule has 0 saturated carbocycles. The Morgan fingerprint density at radius 3 is 2.70 bits per heavy atom. The number of aryl methyl sites for hydroxylation is 1. The van der Waals surface area contributed by atoms with Crippen molar-refractivity contribution in [2.45, 2.75) is 13.3 Å². The molecule has 1 amide bonds. The normalized spacial score (nSPS) is 18.6. The van der Waals surface area contributed by atoms with Crippen LogP contribution in [0.15, 0.2) is 30.3 Å². The molecule has 1 unspecified atom stereocenters. The van der Waals surface area contributed by atoms with Crippen LogP contribution in [0, 0.1) is 12.8 Å². The number of benzene rings is 1. The predicted octanol–water partition coefficient (Wildman–Crippen LogP) is 1.03. The average Bonchev–Trinajstić information content (AvgIpc) is 3.04. The first kappa shape index (κ1) is 15.7. The van der Waals surface area contributed by atoms with E-state index in [1.165, 1.54) is 4.90 Å². The van der Waals surface area contributed by atoms with Crippen LogP contribution in [0.5, 0.6) is 0 Å². The molecule has 0 spiro atoms. The maximum Gasteiger partial charge on any atom is 0.228 e. The quantitative estimate of drug-likeness (QED) is 0.870. The summed E-state index contributed by atoms with van der Waals surface area (Å²) >= 11 is 0. The Balaban J connectivity index is 1.78. The molecule has 1 atom stereocenters.